The molecule has 1 heterocycles. The first-order valence-electron chi connectivity index (χ1n) is 13.3. The van der Waals surface area contributed by atoms with Crippen LogP contribution in [0.15, 0.2) is 71.6 Å². The second kappa shape index (κ2) is 15.7. The Kier molecular flexibility index (Phi) is 12.3. The minimum Gasteiger partial charge on any atom is -0.497 e. The van der Waals surface area contributed by atoms with Crippen LogP contribution >= 0.6 is 11.6 Å². The van der Waals surface area contributed by atoms with Crippen molar-refractivity contribution in [3.05, 3.63) is 77.3 Å². The number of ether oxygens (including phenoxy) is 1. The van der Waals surface area contributed by atoms with Crippen LogP contribution in [-0.4, -0.2) is 81.4 Å². The molecule has 1 aromatic heterocycles. The van der Waals surface area contributed by atoms with Gasteiger partial charge in [-0.1, -0.05) is 35.9 Å². The molecule has 0 amide bonds. The summed E-state index contributed by atoms with van der Waals surface area (Å²) in [6.45, 7) is 2.54. The molecular weight excluding hydrogens is 637 g/mol. The molecule has 0 saturated heterocycles. The highest BCUT2D eigenvalue weighted by molar-refractivity contribution is 7.92. The van der Waals surface area contributed by atoms with Gasteiger partial charge in [0.25, 0.3) is 10.0 Å². The molecule has 3 aromatic carbocycles. The van der Waals surface area contributed by atoms with Crippen LogP contribution in [0.25, 0.3) is 11.0 Å². The van der Waals surface area contributed by atoms with E-state index in [1.807, 2.05) is 32.3 Å². The molecular formula is C29H32ClF3N6O5S. The predicted octanol–water partition coefficient (Wildman–Crippen LogP) is 5.16. The number of carboxylic acids is 1. The minimum atomic E-state index is -5.08. The number of halogens is 4. The van der Waals surface area contributed by atoms with Crippen molar-refractivity contribution in [1.82, 2.24) is 20.2 Å². The largest absolute Gasteiger partial charge is 0.497 e. The van der Waals surface area contributed by atoms with Crippen LogP contribution in [0.5, 0.6) is 5.75 Å². The first-order valence-corrected chi connectivity index (χ1v) is 15.2. The molecule has 0 fully saturated rings. The number of carboxylic acid groups (broad SMARTS) is 1. The van der Waals surface area contributed by atoms with E-state index >= 15 is 0 Å². The zero-order valence-electron chi connectivity index (χ0n) is 24.5. The van der Waals surface area contributed by atoms with E-state index in [-0.39, 0.29) is 16.5 Å². The molecule has 16 heteroatoms. The van der Waals surface area contributed by atoms with Gasteiger partial charge >= 0.3 is 12.1 Å². The fraction of sp³-hybridized carbons (Fsp3) is 0.276. The smallest absolute Gasteiger partial charge is 0.490 e. The molecule has 0 atom stereocenters. The third kappa shape index (κ3) is 10.7. The van der Waals surface area contributed by atoms with E-state index in [0.717, 1.165) is 25.2 Å². The van der Waals surface area contributed by atoms with Crippen molar-refractivity contribution >= 4 is 56.0 Å². The average Bonchev–Trinajstić information content (AvgIpc) is 2.98. The molecule has 0 bridgehead atoms. The normalized spacial score (nSPS) is 11.6. The molecule has 45 heavy (non-hydrogen) atoms. The third-order valence-electron chi connectivity index (χ3n) is 6.01. The third-order valence-corrected chi connectivity index (χ3v) is 7.67. The molecule has 0 spiro atoms. The molecule has 11 nitrogen and oxygen atoms in total. The molecule has 0 unspecified atom stereocenters. The number of alkyl halides is 3. The van der Waals surface area contributed by atoms with Crippen molar-refractivity contribution in [3.8, 4) is 5.75 Å². The second-order valence-electron chi connectivity index (χ2n) is 9.74. The molecule has 4 rings (SSSR count). The van der Waals surface area contributed by atoms with Gasteiger partial charge in [0, 0.05) is 19.2 Å². The number of rotatable bonds is 12. The van der Waals surface area contributed by atoms with Crippen LogP contribution in [-0.2, 0) is 21.2 Å². The van der Waals surface area contributed by atoms with Crippen LogP contribution < -0.4 is 20.1 Å². The SMILES string of the molecule is COc1ccc(Cl)c(Nc2nc3ccccc3nc2NS(=O)(=O)c2cccc(CCNCCN(C)C)c2)c1.O=C(O)C(F)(F)F. The molecule has 4 N–H and O–H groups in total. The van der Waals surface area contributed by atoms with Crippen molar-refractivity contribution < 1.29 is 36.2 Å². The molecule has 0 aliphatic heterocycles. The van der Waals surface area contributed by atoms with Gasteiger partial charge in [0.15, 0.2) is 11.6 Å². The highest BCUT2D eigenvalue weighted by Crippen LogP contribution is 2.32. The molecule has 4 aromatic rings. The number of para-hydroxylation sites is 2. The van der Waals surface area contributed by atoms with E-state index in [1.54, 1.807) is 55.6 Å². The average molecular weight is 669 g/mol. The number of aliphatic carboxylic acids is 1. The summed E-state index contributed by atoms with van der Waals surface area (Å²) in [5.41, 5.74) is 2.56. The predicted molar refractivity (Wildman–Crippen MR) is 167 cm³/mol. The number of methoxy groups -OCH3 is 1. The summed E-state index contributed by atoms with van der Waals surface area (Å²) in [5, 5.41) is 14.0. The Hall–Kier alpha value is -4.18. The Bertz CT molecular complexity index is 1720. The monoisotopic (exact) mass is 668 g/mol. The Labute approximate surface area is 263 Å². The van der Waals surface area contributed by atoms with Gasteiger partial charge in [-0.15, -0.1) is 0 Å². The molecule has 242 valence electrons. The van der Waals surface area contributed by atoms with E-state index in [1.165, 1.54) is 0 Å². The summed E-state index contributed by atoms with van der Waals surface area (Å²) >= 11 is 6.38. The number of nitrogens with one attached hydrogen (secondary N) is 3. The maximum absolute atomic E-state index is 13.4. The van der Waals surface area contributed by atoms with E-state index in [2.05, 4.69) is 30.2 Å². The lowest BCUT2D eigenvalue weighted by Gasteiger charge is -2.15. The van der Waals surface area contributed by atoms with Gasteiger partial charge < -0.3 is 25.4 Å². The van der Waals surface area contributed by atoms with Gasteiger partial charge in [-0.25, -0.2) is 23.2 Å². The minimum absolute atomic E-state index is 0.0540. The van der Waals surface area contributed by atoms with E-state index in [0.29, 0.717) is 33.9 Å². The maximum Gasteiger partial charge on any atom is 0.490 e. The van der Waals surface area contributed by atoms with Crippen LogP contribution in [0.3, 0.4) is 0 Å². The van der Waals surface area contributed by atoms with Crippen LogP contribution in [0.2, 0.25) is 5.02 Å². The second-order valence-corrected chi connectivity index (χ2v) is 11.8. The number of sulfonamides is 1. The number of likely N-dealkylation sites (N-methyl/N-ethyl adjacent to an activating group) is 1. The summed E-state index contributed by atoms with van der Waals surface area (Å²) in [5.74, 6) is -1.91. The van der Waals surface area contributed by atoms with E-state index < -0.39 is 22.2 Å². The van der Waals surface area contributed by atoms with Crippen molar-refractivity contribution in [1.29, 1.82) is 0 Å². The number of hydrogen-bond donors (Lipinski definition) is 4. The first-order chi connectivity index (χ1) is 21.2. The fourth-order valence-corrected chi connectivity index (χ4v) is 4.97. The molecule has 0 saturated carbocycles. The van der Waals surface area contributed by atoms with Gasteiger partial charge in [0.1, 0.15) is 5.75 Å². The van der Waals surface area contributed by atoms with Crippen molar-refractivity contribution in [3.63, 3.8) is 0 Å². The van der Waals surface area contributed by atoms with E-state index in [4.69, 9.17) is 26.2 Å². The van der Waals surface area contributed by atoms with E-state index in [9.17, 15) is 21.6 Å². The zero-order valence-corrected chi connectivity index (χ0v) is 26.1. The lowest BCUT2D eigenvalue weighted by Crippen LogP contribution is -2.28. The van der Waals surface area contributed by atoms with Crippen molar-refractivity contribution in [2.45, 2.75) is 17.5 Å². The zero-order chi connectivity index (χ0) is 33.2. The fourth-order valence-electron chi connectivity index (χ4n) is 3.73. The quantitative estimate of drug-likeness (QED) is 0.149. The van der Waals surface area contributed by atoms with Gasteiger partial charge in [-0.2, -0.15) is 13.2 Å². The van der Waals surface area contributed by atoms with Crippen molar-refractivity contribution in [2.24, 2.45) is 0 Å². The number of benzene rings is 3. The Morgan fingerprint density at radius 1 is 0.978 bits per heavy atom. The maximum atomic E-state index is 13.4. The topological polar surface area (TPSA) is 146 Å². The molecule has 0 radical (unpaired) electrons. The van der Waals surface area contributed by atoms with Crippen LogP contribution in [0.4, 0.5) is 30.5 Å². The summed E-state index contributed by atoms with van der Waals surface area (Å²) in [4.78, 5) is 20.3. The number of fused-ring (bicyclic) bond motifs is 1. The lowest BCUT2D eigenvalue weighted by molar-refractivity contribution is -0.192. The van der Waals surface area contributed by atoms with Gasteiger partial charge in [0.05, 0.1) is 33.7 Å². The summed E-state index contributed by atoms with van der Waals surface area (Å²) in [6.07, 6.45) is -4.38. The molecule has 0 aliphatic rings. The number of nitrogens with zero attached hydrogens (tertiary/aromatic N) is 3. The highest BCUT2D eigenvalue weighted by Gasteiger charge is 2.38. The van der Waals surface area contributed by atoms with Gasteiger partial charge in [-0.3, -0.25) is 4.72 Å². The lowest BCUT2D eigenvalue weighted by atomic mass is 10.1. The summed E-state index contributed by atoms with van der Waals surface area (Å²) in [7, 11) is 1.63. The first kappa shape index (κ1) is 35.3. The number of hydrogen-bond acceptors (Lipinski definition) is 9. The van der Waals surface area contributed by atoms with Crippen LogP contribution in [0.1, 0.15) is 5.56 Å². The standard InChI is InChI=1S/C27H31ClN6O3S.C2HF3O2/c1-34(2)16-15-29-14-13-19-7-6-8-21(17-19)38(35,36)33-27-26(30-23-9-4-5-10-24(23)31-27)32-25-18-20(37-3)11-12-22(25)28;3-2(4,5)1(6)7/h4-12,17-18,29H,13-16H2,1-3H3,(H,30,32)(H,31,33);(H,6,7). The summed E-state index contributed by atoms with van der Waals surface area (Å²) < 4.78 is 66.5. The molecule has 0 aliphatic carbocycles. The van der Waals surface area contributed by atoms with Crippen LogP contribution in [0, 0.1) is 0 Å². The number of aromatic nitrogens is 2. The van der Waals surface area contributed by atoms with Crippen molar-refractivity contribution in [2.75, 3.05) is 50.9 Å². The Morgan fingerprint density at radius 2 is 1.62 bits per heavy atom. The Morgan fingerprint density at radius 3 is 2.22 bits per heavy atom. The number of carbonyl (C=O) groups is 1. The summed E-state index contributed by atoms with van der Waals surface area (Å²) in [6, 6.07) is 19.2. The van der Waals surface area contributed by atoms with Gasteiger partial charge in [-0.05, 0) is 69.0 Å². The van der Waals surface area contributed by atoms with Gasteiger partial charge in [0.2, 0.25) is 0 Å². The highest BCUT2D eigenvalue weighted by atomic mass is 35.5. The number of anilines is 3. The Balaban J connectivity index is 0.000000707.